The number of unbranched alkanes of at least 4 members (excludes halogenated alkanes) is 42. The van der Waals surface area contributed by atoms with Gasteiger partial charge in [0.05, 0.1) is 26.4 Å². The maximum absolute atomic E-state index is 13.0. The highest BCUT2D eigenvalue weighted by molar-refractivity contribution is 7.47. The number of hydrogen-bond acceptors (Lipinski definition) is 15. The molecule has 0 rings (SSSR count). The summed E-state index contributed by atoms with van der Waals surface area (Å²) < 4.78 is 68.3. The SMILES string of the molecule is CCCCCCCCCCCCCCCC(=O)OC[C@H](COP(=O)(O)OC[C@@H](O)COP(=O)(O)OC[C@@H](COC(=O)CCCCCCCCCC(C)C)OC(=O)CCCCCCCCCCCCCCC)OC(=O)CCCCCCCCCCCCCCC. The Kier molecular flexibility index (Phi) is 62.1. The van der Waals surface area contributed by atoms with Gasteiger partial charge in [0, 0.05) is 25.7 Å². The van der Waals surface area contributed by atoms with Gasteiger partial charge in [-0.15, -0.1) is 0 Å². The minimum Gasteiger partial charge on any atom is -0.462 e. The molecule has 0 spiro atoms. The van der Waals surface area contributed by atoms with Crippen LogP contribution >= 0.6 is 15.6 Å². The zero-order valence-corrected chi connectivity index (χ0v) is 59.4. The van der Waals surface area contributed by atoms with Gasteiger partial charge in [-0.3, -0.25) is 37.3 Å². The Morgan fingerprint density at radius 1 is 0.303 bits per heavy atom. The molecule has 0 amide bonds. The van der Waals surface area contributed by atoms with E-state index in [1.54, 1.807) is 0 Å². The average molecular weight is 1310 g/mol. The second-order valence-corrected chi connectivity index (χ2v) is 28.7. The van der Waals surface area contributed by atoms with Crippen molar-refractivity contribution in [3.8, 4) is 0 Å². The van der Waals surface area contributed by atoms with Gasteiger partial charge in [0.25, 0.3) is 0 Å². The van der Waals surface area contributed by atoms with Gasteiger partial charge in [-0.25, -0.2) is 9.13 Å². The molecule has 0 radical (unpaired) electrons. The molecule has 5 atom stereocenters. The number of hydrogen-bond donors (Lipinski definition) is 3. The molecule has 19 heteroatoms. The lowest BCUT2D eigenvalue weighted by molar-refractivity contribution is -0.161. The topological polar surface area (TPSA) is 237 Å². The Morgan fingerprint density at radius 2 is 0.517 bits per heavy atom. The first kappa shape index (κ1) is 87.1. The van der Waals surface area contributed by atoms with E-state index in [2.05, 4.69) is 34.6 Å². The number of carbonyl (C=O) groups is 4. The van der Waals surface area contributed by atoms with Crippen LogP contribution in [0.2, 0.25) is 0 Å². The molecule has 0 heterocycles. The number of phosphoric acid groups is 2. The summed E-state index contributed by atoms with van der Waals surface area (Å²) in [6.07, 6.45) is 49.8. The molecule has 0 aliphatic carbocycles. The molecule has 3 N–H and O–H groups in total. The number of ether oxygens (including phenoxy) is 4. The van der Waals surface area contributed by atoms with Crippen LogP contribution in [0.5, 0.6) is 0 Å². The van der Waals surface area contributed by atoms with Crippen molar-refractivity contribution >= 4 is 39.5 Å². The summed E-state index contributed by atoms with van der Waals surface area (Å²) >= 11 is 0. The average Bonchev–Trinajstić information content (AvgIpc) is 3.62. The van der Waals surface area contributed by atoms with Gasteiger partial charge in [0.2, 0.25) is 0 Å². The summed E-state index contributed by atoms with van der Waals surface area (Å²) in [6, 6.07) is 0. The molecule has 0 aromatic heterocycles. The summed E-state index contributed by atoms with van der Waals surface area (Å²) in [4.78, 5) is 72.5. The van der Waals surface area contributed by atoms with Crippen LogP contribution in [0.15, 0.2) is 0 Å². The van der Waals surface area contributed by atoms with E-state index in [4.69, 9.17) is 37.0 Å². The number of phosphoric ester groups is 2. The van der Waals surface area contributed by atoms with Gasteiger partial charge in [-0.1, -0.05) is 311 Å². The fraction of sp³-hybridized carbons (Fsp3) is 0.943. The Bertz CT molecular complexity index is 1720. The molecular formula is C70H136O17P2. The zero-order chi connectivity index (χ0) is 65.6. The van der Waals surface area contributed by atoms with Gasteiger partial charge in [0.15, 0.2) is 12.2 Å². The molecule has 17 nitrogen and oxygen atoms in total. The van der Waals surface area contributed by atoms with E-state index >= 15 is 0 Å². The lowest BCUT2D eigenvalue weighted by Gasteiger charge is -2.21. The van der Waals surface area contributed by atoms with E-state index < -0.39 is 97.5 Å². The molecule has 528 valence electrons. The monoisotopic (exact) mass is 1310 g/mol. The van der Waals surface area contributed by atoms with Crippen LogP contribution in [-0.2, 0) is 65.4 Å². The Balaban J connectivity index is 5.25. The van der Waals surface area contributed by atoms with Crippen molar-refractivity contribution < 1.29 is 80.2 Å². The van der Waals surface area contributed by atoms with E-state index in [9.17, 15) is 43.2 Å². The van der Waals surface area contributed by atoms with E-state index in [1.807, 2.05) is 0 Å². The minimum absolute atomic E-state index is 0.107. The zero-order valence-electron chi connectivity index (χ0n) is 57.6. The summed E-state index contributed by atoms with van der Waals surface area (Å²) in [5.74, 6) is -1.41. The van der Waals surface area contributed by atoms with Crippen molar-refractivity contribution in [2.75, 3.05) is 39.6 Å². The van der Waals surface area contributed by atoms with Crippen molar-refractivity contribution in [1.29, 1.82) is 0 Å². The van der Waals surface area contributed by atoms with Crippen molar-refractivity contribution in [3.63, 3.8) is 0 Å². The summed E-state index contributed by atoms with van der Waals surface area (Å²) in [7, 11) is -9.90. The predicted octanol–water partition coefficient (Wildman–Crippen LogP) is 20.1. The molecule has 89 heavy (non-hydrogen) atoms. The van der Waals surface area contributed by atoms with Gasteiger partial charge < -0.3 is 33.8 Å². The summed E-state index contributed by atoms with van der Waals surface area (Å²) in [5.41, 5.74) is 0. The second kappa shape index (κ2) is 63.5. The normalized spacial score (nSPS) is 14.1. The molecule has 0 saturated carbocycles. The van der Waals surface area contributed by atoms with Crippen molar-refractivity contribution in [2.24, 2.45) is 5.92 Å². The largest absolute Gasteiger partial charge is 0.472 e. The van der Waals surface area contributed by atoms with Crippen LogP contribution in [0.1, 0.15) is 362 Å². The smallest absolute Gasteiger partial charge is 0.462 e. The van der Waals surface area contributed by atoms with Crippen LogP contribution in [-0.4, -0.2) is 96.7 Å². The minimum atomic E-state index is -4.95. The van der Waals surface area contributed by atoms with Crippen LogP contribution < -0.4 is 0 Å². The van der Waals surface area contributed by atoms with Gasteiger partial charge >= 0.3 is 39.5 Å². The first-order valence-corrected chi connectivity index (χ1v) is 39.6. The Labute approximate surface area is 543 Å². The quantitative estimate of drug-likeness (QED) is 0.0222. The molecule has 0 aromatic rings. The Morgan fingerprint density at radius 3 is 0.764 bits per heavy atom. The molecular weight excluding hydrogens is 1170 g/mol. The molecule has 0 aliphatic rings. The first-order chi connectivity index (χ1) is 43.0. The lowest BCUT2D eigenvalue weighted by Crippen LogP contribution is -2.30. The molecule has 2 unspecified atom stereocenters. The van der Waals surface area contributed by atoms with Crippen molar-refractivity contribution in [1.82, 2.24) is 0 Å². The lowest BCUT2D eigenvalue weighted by atomic mass is 10.0. The highest BCUT2D eigenvalue weighted by Gasteiger charge is 2.30. The fourth-order valence-electron chi connectivity index (χ4n) is 10.6. The van der Waals surface area contributed by atoms with E-state index in [1.165, 1.54) is 180 Å². The summed E-state index contributed by atoms with van der Waals surface area (Å²) in [6.45, 7) is 7.20. The highest BCUT2D eigenvalue weighted by Crippen LogP contribution is 2.45. The van der Waals surface area contributed by atoms with Crippen LogP contribution in [0.25, 0.3) is 0 Å². The van der Waals surface area contributed by atoms with Crippen LogP contribution in [0.3, 0.4) is 0 Å². The molecule has 0 fully saturated rings. The standard InChI is InChI=1S/C70H136O17P2/c1-6-9-12-15-18-21-24-27-30-33-38-43-48-53-67(72)80-59-65(86-69(74)55-50-45-39-34-31-28-25-22-19-16-13-10-7-2)61-84-88(76,77)82-57-64(71)58-83-89(78,79)85-62-66(60-81-68(73)54-49-44-41-36-37-42-47-52-63(4)5)87-70(75)56-51-46-40-35-32-29-26-23-20-17-14-11-8-3/h63-66,71H,6-62H2,1-5H3,(H,76,77)(H,78,79)/t64-,65-,66-/m1/s1. The number of aliphatic hydroxyl groups excluding tert-OH is 1. The maximum atomic E-state index is 13.0. The van der Waals surface area contributed by atoms with Crippen LogP contribution in [0, 0.1) is 5.92 Å². The van der Waals surface area contributed by atoms with Gasteiger partial charge in [0.1, 0.15) is 19.3 Å². The molecule has 0 saturated heterocycles. The van der Waals surface area contributed by atoms with Gasteiger partial charge in [-0.2, -0.15) is 0 Å². The van der Waals surface area contributed by atoms with Gasteiger partial charge in [-0.05, 0) is 31.6 Å². The third kappa shape index (κ3) is 64.6. The van der Waals surface area contributed by atoms with E-state index in [0.29, 0.717) is 31.6 Å². The predicted molar refractivity (Wildman–Crippen MR) is 358 cm³/mol. The number of carbonyl (C=O) groups excluding carboxylic acids is 4. The Hall–Kier alpha value is -1.94. The molecule has 0 bridgehead atoms. The molecule has 0 aromatic carbocycles. The fourth-order valence-corrected chi connectivity index (χ4v) is 12.2. The molecule has 0 aliphatic heterocycles. The number of esters is 4. The number of rotatable bonds is 70. The third-order valence-electron chi connectivity index (χ3n) is 16.3. The number of aliphatic hydroxyl groups is 1. The maximum Gasteiger partial charge on any atom is 0.472 e. The van der Waals surface area contributed by atoms with E-state index in [0.717, 1.165) is 96.3 Å². The highest BCUT2D eigenvalue weighted by atomic mass is 31.2. The van der Waals surface area contributed by atoms with E-state index in [-0.39, 0.29) is 25.7 Å². The first-order valence-electron chi connectivity index (χ1n) is 36.6. The van der Waals surface area contributed by atoms with Crippen LogP contribution in [0.4, 0.5) is 0 Å². The second-order valence-electron chi connectivity index (χ2n) is 25.7. The summed E-state index contributed by atoms with van der Waals surface area (Å²) in [5, 5.41) is 10.6. The van der Waals surface area contributed by atoms with Crippen molar-refractivity contribution in [3.05, 3.63) is 0 Å². The third-order valence-corrected chi connectivity index (χ3v) is 18.2. The van der Waals surface area contributed by atoms with Crippen molar-refractivity contribution in [2.45, 2.75) is 380 Å².